The van der Waals surface area contributed by atoms with E-state index in [4.69, 9.17) is 10.7 Å². The fourth-order valence-electron chi connectivity index (χ4n) is 11.9. The smallest absolute Gasteiger partial charge is 0.0649 e. The molecule has 5 aliphatic carbocycles. The molecule has 516 valence electrons. The Balaban J connectivity index is -0.000000297. The van der Waals surface area contributed by atoms with E-state index in [1.807, 2.05) is 68.4 Å². The van der Waals surface area contributed by atoms with E-state index in [1.165, 1.54) is 160 Å². The van der Waals surface area contributed by atoms with Crippen LogP contribution in [0.1, 0.15) is 406 Å². The molecule has 5 fully saturated rings. The molecule has 0 saturated heterocycles. The Kier molecular flexibility index (Phi) is 54.5. The van der Waals surface area contributed by atoms with Crippen molar-refractivity contribution in [1.82, 2.24) is 0 Å². The molecule has 5 saturated carbocycles. The molecule has 1 heteroatoms. The standard InChI is InChI=1S/C10H14.C10H20.3C9H18.C8H16.2C8H18.C7H16.C4H7N.C3H8/c1-9(2)8-10-6-4-3-5-7-10;1-9(2)10-7-5-3-4-6-8-10;1-8(2)9(3)6-4-5-7-9;2*1-8(2)9-6-4-3-5-7-9;1-7(2)8-5-3-4-6-8;2*1-7(2)6-8(3,4)5;1-6(2)7(3,4)5;1-4(2)3-5;1-3-2/h3-7,9H,8H2,1-2H3;9-10H,3-8H2,1-2H3;8H,4-7H2,1-3H3;2*8-9H,3-7H2,1-2H3;7-8H,3-6H2,1-2H3;2*7H,6H2,1-5H3;6H,1-5H3;4H,1-2H3;3H2,1-2H3/i;;;9D;;;6D2;;;;3D. The first-order valence-corrected chi connectivity index (χ1v) is 37.4. The summed E-state index contributed by atoms with van der Waals surface area (Å²) in [6, 6.07) is 12.6. The maximum atomic E-state index is 8.08. The summed E-state index contributed by atoms with van der Waals surface area (Å²) in [5.41, 5.74) is 2.91. The van der Waals surface area contributed by atoms with Crippen molar-refractivity contribution in [3.8, 4) is 6.07 Å². The maximum absolute atomic E-state index is 8.08. The van der Waals surface area contributed by atoms with Crippen molar-refractivity contribution in [2.24, 2.45) is 104 Å². The fourth-order valence-corrected chi connectivity index (χ4v) is 11.9. The highest BCUT2D eigenvalue weighted by Gasteiger charge is 2.31. The Morgan fingerprint density at radius 3 is 0.942 bits per heavy atom. The number of nitriles is 1. The van der Waals surface area contributed by atoms with Gasteiger partial charge in [-0.15, -0.1) is 0 Å². The second kappa shape index (κ2) is 55.4. The lowest BCUT2D eigenvalue weighted by Gasteiger charge is -2.27. The molecule has 0 aromatic heterocycles. The lowest BCUT2D eigenvalue weighted by molar-refractivity contribution is 0.228. The van der Waals surface area contributed by atoms with E-state index in [-0.39, 0.29) is 29.5 Å². The van der Waals surface area contributed by atoms with Gasteiger partial charge in [0.25, 0.3) is 0 Å². The van der Waals surface area contributed by atoms with Crippen LogP contribution in [0.2, 0.25) is 0 Å². The number of benzene rings is 1. The van der Waals surface area contributed by atoms with E-state index in [0.717, 1.165) is 72.0 Å². The highest BCUT2D eigenvalue weighted by atomic mass is 14.4. The first kappa shape index (κ1) is 84.7. The molecule has 6 rings (SSSR count). The SMILES string of the molecule is CC(C)C#N.CC(C)C(C)(C)C.CC(C)C1(C)CCCC1.CC(C)C1CCCC1.CC(C)C1CCCCC1.CC(C)C1CCCCCC1.CC(C)CC(C)(C)C.CC(C)Cc1ccccc1.[2H]C(C)C.[2H]C([2H])(C(C)C)C(C)(C)C.[2H]C1(C(C)C)CCCCC1. The largest absolute Gasteiger partial charge is 0.198 e. The minimum Gasteiger partial charge on any atom is -0.198 e. The molecule has 1 aromatic rings. The van der Waals surface area contributed by atoms with E-state index in [1.54, 1.807) is 0 Å². The molecule has 0 radical (unpaired) electrons. The molecule has 0 spiro atoms. The third kappa shape index (κ3) is 65.7. The Bertz CT molecular complexity index is 1700. The van der Waals surface area contributed by atoms with Crippen LogP contribution >= 0.6 is 0 Å². The van der Waals surface area contributed by atoms with Crippen molar-refractivity contribution in [3.05, 3.63) is 35.9 Å². The van der Waals surface area contributed by atoms with Crippen LogP contribution in [0.15, 0.2) is 30.3 Å². The molecular weight excluding hydrogens is 1030 g/mol. The summed E-state index contributed by atoms with van der Waals surface area (Å²) in [4.78, 5) is 0. The summed E-state index contributed by atoms with van der Waals surface area (Å²) in [5, 5.41) is 7.89. The zero-order valence-electron chi connectivity index (χ0n) is 69.8. The zero-order chi connectivity index (χ0) is 71.3. The second-order valence-electron chi connectivity index (χ2n) is 34.5. The van der Waals surface area contributed by atoms with E-state index in [9.17, 15) is 0 Å². The van der Waals surface area contributed by atoms with Crippen LogP contribution in [0.25, 0.3) is 0 Å². The highest BCUT2D eigenvalue weighted by Crippen LogP contribution is 2.43. The zero-order valence-corrected chi connectivity index (χ0v) is 65.8. The van der Waals surface area contributed by atoms with Crippen LogP contribution in [0, 0.1) is 116 Å². The van der Waals surface area contributed by atoms with Gasteiger partial charge < -0.3 is 0 Å². The molecule has 0 unspecified atom stereocenters. The van der Waals surface area contributed by atoms with Crippen LogP contribution in [0.3, 0.4) is 0 Å². The monoisotopic (exact) mass is 1210 g/mol. The van der Waals surface area contributed by atoms with E-state index in [2.05, 4.69) is 190 Å². The average Bonchev–Trinajstić information content (AvgIpc) is 1.16. The molecule has 0 heterocycles. The molecule has 86 heavy (non-hydrogen) atoms. The molecule has 0 amide bonds. The average molecular weight is 1210 g/mol. The van der Waals surface area contributed by atoms with Gasteiger partial charge in [-0.25, -0.2) is 0 Å². The van der Waals surface area contributed by atoms with E-state index >= 15 is 0 Å². The van der Waals surface area contributed by atoms with Crippen LogP contribution < -0.4 is 0 Å². The second-order valence-corrected chi connectivity index (χ2v) is 34.5. The molecule has 0 N–H and O–H groups in total. The molecule has 1 aromatic carbocycles. The van der Waals surface area contributed by atoms with Gasteiger partial charge in [0.1, 0.15) is 0 Å². The van der Waals surface area contributed by atoms with Gasteiger partial charge in [0.05, 0.1) is 6.07 Å². The highest BCUT2D eigenvalue weighted by molar-refractivity contribution is 5.14. The summed E-state index contributed by atoms with van der Waals surface area (Å²) in [7, 11) is 0. The molecule has 0 bridgehead atoms. The lowest BCUT2D eigenvalue weighted by atomic mass is 9.78. The van der Waals surface area contributed by atoms with Gasteiger partial charge in [0.2, 0.25) is 0 Å². The van der Waals surface area contributed by atoms with Gasteiger partial charge in [0.15, 0.2) is 0 Å². The Morgan fingerprint density at radius 1 is 0.465 bits per heavy atom. The first-order chi connectivity index (χ1) is 41.1. The minimum atomic E-state index is -1.06. The number of hydrogen-bond acceptors (Lipinski definition) is 1. The summed E-state index contributed by atoms with van der Waals surface area (Å²) in [5.74, 6) is 10.0. The fraction of sp³-hybridized carbons (Fsp3) is 0.918. The van der Waals surface area contributed by atoms with Gasteiger partial charge in [-0.2, -0.15) is 5.26 Å². The number of hydrogen-bond donors (Lipinski definition) is 0. The van der Waals surface area contributed by atoms with Gasteiger partial charge in [-0.3, -0.25) is 0 Å². The van der Waals surface area contributed by atoms with Crippen LogP contribution in [0.5, 0.6) is 0 Å². The van der Waals surface area contributed by atoms with Gasteiger partial charge >= 0.3 is 0 Å². The van der Waals surface area contributed by atoms with Crippen molar-refractivity contribution < 1.29 is 5.48 Å². The normalized spacial score (nSPS) is 18.8. The molecule has 1 nitrogen and oxygen atoms in total. The van der Waals surface area contributed by atoms with Crippen molar-refractivity contribution >= 4 is 0 Å². The Morgan fingerprint density at radius 2 is 0.767 bits per heavy atom. The molecule has 0 atom stereocenters. The van der Waals surface area contributed by atoms with Gasteiger partial charge in [-0.1, -0.05) is 386 Å². The molecule has 5 aliphatic rings. The minimum absolute atomic E-state index is 0.0712. The van der Waals surface area contributed by atoms with Crippen molar-refractivity contribution in [2.45, 2.75) is 401 Å². The first-order valence-electron chi connectivity index (χ1n) is 39.5. The summed E-state index contributed by atoms with van der Waals surface area (Å²) >= 11 is 0. The quantitative estimate of drug-likeness (QED) is 0.226. The van der Waals surface area contributed by atoms with Gasteiger partial charge in [-0.05, 0) is 150 Å². The number of rotatable bonds is 9. The van der Waals surface area contributed by atoms with Crippen LogP contribution in [-0.4, -0.2) is 0 Å². The van der Waals surface area contributed by atoms with Crippen molar-refractivity contribution in [2.75, 3.05) is 0 Å². The summed E-state index contributed by atoms with van der Waals surface area (Å²) in [6.45, 7) is 69.8. The topological polar surface area (TPSA) is 23.8 Å². The summed E-state index contributed by atoms with van der Waals surface area (Å²) in [6.07, 6.45) is 36.0. The van der Waals surface area contributed by atoms with Crippen LogP contribution in [-0.2, 0) is 6.42 Å². The van der Waals surface area contributed by atoms with E-state index < -0.39 is 6.37 Å². The molecule has 0 aliphatic heterocycles. The third-order valence-corrected chi connectivity index (χ3v) is 18.4. The number of nitrogens with zero attached hydrogens (tertiary/aromatic N) is 1. The predicted octanol–water partition coefficient (Wildman–Crippen LogP) is 30.4. The predicted molar refractivity (Wildman–Crippen MR) is 401 cm³/mol. The third-order valence-electron chi connectivity index (χ3n) is 18.4. The van der Waals surface area contributed by atoms with Crippen molar-refractivity contribution in [1.29, 1.82) is 5.26 Å². The van der Waals surface area contributed by atoms with Crippen molar-refractivity contribution in [3.63, 3.8) is 0 Å². The molecular formula is C85H171N. The maximum Gasteiger partial charge on any atom is 0.0649 e. The Labute approximate surface area is 555 Å². The Hall–Kier alpha value is -1.29. The van der Waals surface area contributed by atoms with Crippen LogP contribution in [0.4, 0.5) is 0 Å². The van der Waals surface area contributed by atoms with E-state index in [0.29, 0.717) is 22.2 Å². The lowest BCUT2D eigenvalue weighted by Crippen LogP contribution is -2.18. The summed E-state index contributed by atoms with van der Waals surface area (Å²) < 4.78 is 30.1. The van der Waals surface area contributed by atoms with Gasteiger partial charge in [0, 0.05) is 11.4 Å².